The van der Waals surface area contributed by atoms with Crippen LogP contribution in [0.3, 0.4) is 0 Å². The lowest BCUT2D eigenvalue weighted by atomic mass is 9.72. The Kier molecular flexibility index (Phi) is 26.5. The number of rotatable bonds is 25. The quantitative estimate of drug-likeness (QED) is 0.0230. The van der Waals surface area contributed by atoms with Crippen LogP contribution in [0.4, 0.5) is 17.5 Å². The van der Waals surface area contributed by atoms with E-state index >= 15 is 0 Å². The number of carbonyl (C=O) groups excluding carboxylic acids is 3. The van der Waals surface area contributed by atoms with Crippen molar-refractivity contribution in [2.24, 2.45) is 23.2 Å². The van der Waals surface area contributed by atoms with Crippen molar-refractivity contribution in [1.29, 1.82) is 0 Å². The minimum atomic E-state index is 0.00733. The van der Waals surface area contributed by atoms with Crippen LogP contribution >= 0.6 is 69.3 Å². The van der Waals surface area contributed by atoms with E-state index < -0.39 is 0 Å². The molecule has 85 heavy (non-hydrogen) atoms. The first-order chi connectivity index (χ1) is 40.8. The average Bonchev–Trinajstić information content (AvgIpc) is 2.52. The number of nitrogens with two attached hydrogens (primary N) is 3. The van der Waals surface area contributed by atoms with E-state index in [1.54, 1.807) is 34.0 Å². The van der Waals surface area contributed by atoms with Gasteiger partial charge in [0, 0.05) is 53.9 Å². The highest BCUT2D eigenvalue weighted by molar-refractivity contribution is 8.00. The Morgan fingerprint density at radius 2 is 0.847 bits per heavy atom. The van der Waals surface area contributed by atoms with Crippen LogP contribution in [0.5, 0.6) is 0 Å². The number of nitrogens with one attached hydrogen (secondary N) is 3. The summed E-state index contributed by atoms with van der Waals surface area (Å²) in [5, 5.41) is 13.8. The molecule has 3 unspecified atom stereocenters. The van der Waals surface area contributed by atoms with Crippen molar-refractivity contribution in [1.82, 2.24) is 60.6 Å². The van der Waals surface area contributed by atoms with Crippen LogP contribution in [-0.4, -0.2) is 158 Å². The van der Waals surface area contributed by atoms with Crippen LogP contribution in [0, 0.1) is 23.2 Å². The number of carbonyl (C=O) groups is 3. The molecule has 6 aromatic heterocycles. The molecule has 0 radical (unpaired) electrons. The highest BCUT2D eigenvalue weighted by Crippen LogP contribution is 2.45. The largest absolute Gasteiger partial charge is 0.383 e. The molecule has 0 spiro atoms. The number of thiophene rings is 3. The molecule has 24 heteroatoms. The van der Waals surface area contributed by atoms with Gasteiger partial charge in [0.2, 0.25) is 17.7 Å². The van der Waals surface area contributed by atoms with Crippen molar-refractivity contribution in [3.05, 3.63) is 31.3 Å². The van der Waals surface area contributed by atoms with Crippen molar-refractivity contribution in [2.75, 3.05) is 113 Å². The van der Waals surface area contributed by atoms with E-state index in [4.69, 9.17) is 27.2 Å². The van der Waals surface area contributed by atoms with Crippen LogP contribution in [0.1, 0.15) is 133 Å². The molecule has 0 saturated carbocycles. The van der Waals surface area contributed by atoms with Gasteiger partial charge in [0.1, 0.15) is 31.9 Å². The summed E-state index contributed by atoms with van der Waals surface area (Å²) in [5.74, 6) is 4.78. The zero-order valence-corrected chi connectivity index (χ0v) is 57.2. The normalized spacial score (nSPS) is 16.7. The number of thioether (sulfide) groups is 3. The summed E-state index contributed by atoms with van der Waals surface area (Å²) in [6, 6.07) is 0. The molecular formula is C61H95N15O3S6. The van der Waals surface area contributed by atoms with Gasteiger partial charge in [-0.2, -0.15) is 0 Å². The number of aromatic nitrogens is 6. The number of anilines is 3. The molecule has 6 heterocycles. The monoisotopic (exact) mass is 1280 g/mol. The fourth-order valence-electron chi connectivity index (χ4n) is 11.3. The van der Waals surface area contributed by atoms with E-state index in [0.29, 0.717) is 87.1 Å². The molecule has 0 aliphatic heterocycles. The third-order valence-electron chi connectivity index (χ3n) is 16.8. The van der Waals surface area contributed by atoms with E-state index in [1.807, 2.05) is 0 Å². The summed E-state index contributed by atoms with van der Waals surface area (Å²) >= 11 is 9.31. The Bertz CT molecular complexity index is 3170. The van der Waals surface area contributed by atoms with E-state index in [0.717, 1.165) is 134 Å². The minimum absolute atomic E-state index is 0.00733. The van der Waals surface area contributed by atoms with Crippen molar-refractivity contribution in [2.45, 2.75) is 156 Å². The van der Waals surface area contributed by atoms with Gasteiger partial charge in [-0.15, -0.1) is 34.0 Å². The first-order valence-corrected chi connectivity index (χ1v) is 36.3. The van der Waals surface area contributed by atoms with Crippen molar-refractivity contribution < 1.29 is 14.4 Å². The molecule has 0 fully saturated rings. The van der Waals surface area contributed by atoms with Crippen LogP contribution in [-0.2, 0) is 52.9 Å². The molecule has 3 aliphatic rings. The number of hydrogen-bond acceptors (Lipinski definition) is 21. The first kappa shape index (κ1) is 68.4. The Balaban J connectivity index is 0.000000183. The van der Waals surface area contributed by atoms with Crippen LogP contribution in [0.25, 0.3) is 30.6 Å². The topological polar surface area (TPSA) is 252 Å². The Hall–Kier alpha value is -4.14. The van der Waals surface area contributed by atoms with Crippen molar-refractivity contribution in [3.63, 3.8) is 0 Å². The third-order valence-corrected chi connectivity index (χ3v) is 22.8. The molecule has 3 amide bonds. The summed E-state index contributed by atoms with van der Waals surface area (Å²) in [4.78, 5) is 77.9. The number of hydrogen-bond donors (Lipinski definition) is 6. The smallest absolute Gasteiger partial charge is 0.230 e. The van der Waals surface area contributed by atoms with Crippen molar-refractivity contribution >= 4 is 135 Å². The second-order valence-corrected chi connectivity index (χ2v) is 29.5. The summed E-state index contributed by atoms with van der Waals surface area (Å²) in [5.41, 5.74) is 23.2. The van der Waals surface area contributed by atoms with Gasteiger partial charge >= 0.3 is 0 Å². The number of nitrogens with zero attached hydrogens (tertiary/aromatic N) is 9. The van der Waals surface area contributed by atoms with Gasteiger partial charge in [-0.3, -0.25) is 14.4 Å². The lowest BCUT2D eigenvalue weighted by Crippen LogP contribution is -2.35. The van der Waals surface area contributed by atoms with Gasteiger partial charge in [0.15, 0.2) is 15.5 Å². The fourth-order valence-corrected chi connectivity index (χ4v) is 17.5. The number of amides is 3. The van der Waals surface area contributed by atoms with E-state index in [9.17, 15) is 14.4 Å². The molecular weight excluding hydrogens is 1180 g/mol. The van der Waals surface area contributed by atoms with Crippen LogP contribution < -0.4 is 33.2 Å². The minimum Gasteiger partial charge on any atom is -0.383 e. The zero-order valence-electron chi connectivity index (χ0n) is 52.3. The van der Waals surface area contributed by atoms with Gasteiger partial charge in [-0.05, 0) is 137 Å². The number of likely N-dealkylation sites (N-methyl/N-ethyl adjacent to an activating group) is 3. The third kappa shape index (κ3) is 18.9. The maximum atomic E-state index is 12.2. The summed E-state index contributed by atoms with van der Waals surface area (Å²) in [7, 11) is 0. The van der Waals surface area contributed by atoms with Gasteiger partial charge in [-0.25, -0.2) is 29.9 Å². The predicted octanol–water partition coefficient (Wildman–Crippen LogP) is 10.3. The molecule has 0 saturated heterocycles. The maximum Gasteiger partial charge on any atom is 0.230 e. The number of aryl methyl sites for hydroxylation is 3. The van der Waals surface area contributed by atoms with Crippen molar-refractivity contribution in [3.8, 4) is 0 Å². The molecule has 0 bridgehead atoms. The fraction of sp³-hybridized carbons (Fsp3) is 0.656. The van der Waals surface area contributed by atoms with E-state index in [2.05, 4.69) is 127 Å². The molecule has 18 nitrogen and oxygen atoms in total. The molecule has 3 aliphatic carbocycles. The molecule has 3 atom stereocenters. The summed E-state index contributed by atoms with van der Waals surface area (Å²) in [6.45, 7) is 34.9. The van der Waals surface area contributed by atoms with Crippen LogP contribution in [0.15, 0.2) is 15.5 Å². The molecule has 468 valence electrons. The highest BCUT2D eigenvalue weighted by Gasteiger charge is 2.32. The SMILES string of the molecule is CCC1CCc2c(sc3nc(SCC(=O)NCCN(CC)CC)nc(N)c23)C1.CCN(CC)CCNC(=O)CSc1nc(N)c2c3c(sc2n1)CC(C(C)(C)C)CC3.CCN(CC)CCNC(=O)CSc1nc(N)c2c3c(sc2n1)CC(C)CC3. The molecule has 9 N–H and O–H groups in total. The standard InChI is InChI=1S/C22H35N5OS2.C20H31N5OS2.C19H29N5OS2/c1-6-27(7-2)11-10-24-17(28)13-29-21-25-19(23)18-15-9-8-14(22(3,4)5)12-16(15)30-20(18)26-21;1-4-13-7-8-14-15(11-13)28-19-17(14)18(21)23-20(24-19)27-12-16(26)22-9-10-25(5-2)6-3;1-4-24(5-2)9-8-21-15(25)11-26-19-22-17(20)16-13-7-6-12(3)10-14(13)27-18(16)23-19/h14H,6-13H2,1-5H3,(H,24,28)(H2,23,25,26);13H,4-12H2,1-3H3,(H,22,26)(H2,21,23,24);12H,4-11H2,1-3H3,(H,21,25)(H2,20,22,23). The van der Waals surface area contributed by atoms with Gasteiger partial charge in [0.05, 0.1) is 33.4 Å². The zero-order chi connectivity index (χ0) is 61.4. The predicted molar refractivity (Wildman–Crippen MR) is 362 cm³/mol. The lowest BCUT2D eigenvalue weighted by molar-refractivity contribution is -0.119. The lowest BCUT2D eigenvalue weighted by Gasteiger charge is -2.33. The summed E-state index contributed by atoms with van der Waals surface area (Å²) < 4.78 is 0. The second-order valence-electron chi connectivity index (χ2n) is 23.4. The summed E-state index contributed by atoms with van der Waals surface area (Å²) in [6.07, 6.45) is 11.3. The van der Waals surface area contributed by atoms with Gasteiger partial charge in [-0.1, -0.05) is 118 Å². The Morgan fingerprint density at radius 1 is 0.506 bits per heavy atom. The van der Waals surface area contributed by atoms with Crippen LogP contribution in [0.2, 0.25) is 0 Å². The molecule has 0 aromatic carbocycles. The van der Waals surface area contributed by atoms with E-state index in [-0.39, 0.29) is 17.7 Å². The van der Waals surface area contributed by atoms with Gasteiger partial charge < -0.3 is 47.9 Å². The number of fused-ring (bicyclic) bond motifs is 9. The van der Waals surface area contributed by atoms with E-state index in [1.165, 1.54) is 92.3 Å². The first-order valence-electron chi connectivity index (χ1n) is 30.9. The second kappa shape index (κ2) is 32.9. The number of nitrogen functional groups attached to an aromatic ring is 3. The Labute approximate surface area is 529 Å². The maximum absolute atomic E-state index is 12.2. The average molecular weight is 1280 g/mol. The molecule has 6 aromatic rings. The Morgan fingerprint density at radius 3 is 1.20 bits per heavy atom. The van der Waals surface area contributed by atoms with Gasteiger partial charge in [0.25, 0.3) is 0 Å². The molecule has 9 rings (SSSR count). The highest BCUT2D eigenvalue weighted by atomic mass is 32.2.